The molecule has 0 aliphatic rings. The lowest BCUT2D eigenvalue weighted by molar-refractivity contribution is 0.0906. The van der Waals surface area contributed by atoms with Crippen molar-refractivity contribution in [2.45, 2.75) is 60.0 Å². The number of allylic oxidation sites excluding steroid dienone is 3. The molecule has 9 heteroatoms. The minimum Gasteiger partial charge on any atom is -0.404 e. The fourth-order valence-electron chi connectivity index (χ4n) is 2.44. The Hall–Kier alpha value is -3.07. The molecule has 0 fully saturated rings. The molecule has 176 valence electrons. The fourth-order valence-corrected chi connectivity index (χ4v) is 2.44. The van der Waals surface area contributed by atoms with Gasteiger partial charge in [-0.1, -0.05) is 12.5 Å². The van der Waals surface area contributed by atoms with Gasteiger partial charge in [0.1, 0.15) is 11.6 Å². The number of aliphatic imine (C=N–C) groups is 2. The van der Waals surface area contributed by atoms with Gasteiger partial charge in [-0.15, -0.1) is 0 Å². The second-order valence-corrected chi connectivity index (χ2v) is 8.09. The fraction of sp³-hybridized carbons (Fsp3) is 0.435. The number of nitrogens with one attached hydrogen (secondary N) is 1. The first-order chi connectivity index (χ1) is 14.9. The molecule has 1 heterocycles. The van der Waals surface area contributed by atoms with E-state index >= 15 is 0 Å². The number of nitrogens with two attached hydrogens (primary N) is 2. The highest BCUT2D eigenvalue weighted by Crippen LogP contribution is 2.21. The summed E-state index contributed by atoms with van der Waals surface area (Å²) in [6, 6.07) is 1.75. The molecule has 0 atom stereocenters. The second kappa shape index (κ2) is 12.1. The van der Waals surface area contributed by atoms with Gasteiger partial charge >= 0.3 is 0 Å². The number of aromatic nitrogens is 1. The molecule has 1 aromatic heterocycles. The third kappa shape index (κ3) is 8.97. The molecule has 7 nitrogen and oxygen atoms in total. The Bertz CT molecular complexity index is 940. The summed E-state index contributed by atoms with van der Waals surface area (Å²) >= 11 is 0. The maximum absolute atomic E-state index is 13.0. The molecule has 0 saturated carbocycles. The predicted molar refractivity (Wildman–Crippen MR) is 129 cm³/mol. The first kappa shape index (κ1) is 27.0. The zero-order valence-corrected chi connectivity index (χ0v) is 19.6. The Morgan fingerprint density at radius 1 is 1.34 bits per heavy atom. The highest BCUT2D eigenvalue weighted by atomic mass is 19.3. The van der Waals surface area contributed by atoms with Crippen LogP contribution in [0.15, 0.2) is 51.6 Å². The summed E-state index contributed by atoms with van der Waals surface area (Å²) in [7, 11) is 0. The highest BCUT2D eigenvalue weighted by Gasteiger charge is 2.12. The summed E-state index contributed by atoms with van der Waals surface area (Å²) in [6.07, 6.45) is 4.15. The van der Waals surface area contributed by atoms with Crippen LogP contribution in [0, 0.1) is 6.92 Å². The first-order valence-electron chi connectivity index (χ1n) is 10.3. The van der Waals surface area contributed by atoms with Crippen LogP contribution < -0.4 is 16.8 Å². The smallest absolute Gasteiger partial charge is 0.276 e. The lowest BCUT2D eigenvalue weighted by Gasteiger charge is -2.14. The topological polar surface area (TPSA) is 122 Å². The number of nitrogens with zero attached hydrogens (tertiary/aromatic N) is 3. The number of hydrogen-bond acceptors (Lipinski definition) is 7. The van der Waals surface area contributed by atoms with Crippen molar-refractivity contribution in [2.24, 2.45) is 21.5 Å². The molecule has 0 radical (unpaired) electrons. The zero-order chi connectivity index (χ0) is 24.5. The molecule has 0 aliphatic heterocycles. The predicted octanol–water partition coefficient (Wildman–Crippen LogP) is 4.15. The normalized spacial score (nSPS) is 14.9. The van der Waals surface area contributed by atoms with Crippen LogP contribution in [0.5, 0.6) is 0 Å². The van der Waals surface area contributed by atoms with E-state index in [-0.39, 0.29) is 18.1 Å². The Balaban J connectivity index is 3.25. The lowest BCUT2D eigenvalue weighted by Crippen LogP contribution is -2.22. The lowest BCUT2D eigenvalue weighted by atomic mass is 10.0. The van der Waals surface area contributed by atoms with Crippen LogP contribution in [-0.2, 0) is 0 Å². The van der Waals surface area contributed by atoms with E-state index in [2.05, 4.69) is 20.3 Å². The van der Waals surface area contributed by atoms with Crippen molar-refractivity contribution in [2.75, 3.05) is 11.9 Å². The molecule has 1 aromatic rings. The van der Waals surface area contributed by atoms with Crippen molar-refractivity contribution in [1.82, 2.24) is 4.98 Å². The van der Waals surface area contributed by atoms with E-state index in [4.69, 9.17) is 11.5 Å². The van der Waals surface area contributed by atoms with Gasteiger partial charge in [0.15, 0.2) is 0 Å². The number of pyridine rings is 1. The molecule has 0 amide bonds. The van der Waals surface area contributed by atoms with E-state index in [1.54, 1.807) is 32.3 Å². The summed E-state index contributed by atoms with van der Waals surface area (Å²) in [5.41, 5.74) is 14.1. The van der Waals surface area contributed by atoms with Crippen LogP contribution in [-0.4, -0.2) is 40.6 Å². The monoisotopic (exact) mass is 448 g/mol. The molecule has 0 unspecified atom stereocenters. The van der Waals surface area contributed by atoms with Gasteiger partial charge in [-0.05, 0) is 52.7 Å². The first-order valence-corrected chi connectivity index (χ1v) is 10.3. The van der Waals surface area contributed by atoms with Gasteiger partial charge in [-0.25, -0.2) is 18.8 Å². The largest absolute Gasteiger partial charge is 0.404 e. The van der Waals surface area contributed by atoms with Gasteiger partial charge in [0.2, 0.25) is 0 Å². The number of alkyl halides is 2. The number of anilines is 1. The summed E-state index contributed by atoms with van der Waals surface area (Å²) in [4.78, 5) is 12.6. The maximum Gasteiger partial charge on any atom is 0.276 e. The molecular formula is C23H34F2N6O. The SMILES string of the molecule is CC/C(C)=C(N)/C=C(\N=C(/C)C(F)F)Nc1cc(C)c(/C(C=NCC(C)(C)O)=C/N)cn1. The zero-order valence-electron chi connectivity index (χ0n) is 19.6. The van der Waals surface area contributed by atoms with E-state index in [1.807, 2.05) is 20.8 Å². The molecule has 0 aromatic carbocycles. The number of rotatable bonds is 10. The van der Waals surface area contributed by atoms with Gasteiger partial charge in [-0.3, -0.25) is 4.99 Å². The average Bonchev–Trinajstić information content (AvgIpc) is 2.70. The van der Waals surface area contributed by atoms with E-state index in [0.717, 1.165) is 23.1 Å². The molecular weight excluding hydrogens is 414 g/mol. The molecule has 1 rings (SSSR count). The van der Waals surface area contributed by atoms with Crippen molar-refractivity contribution in [3.63, 3.8) is 0 Å². The van der Waals surface area contributed by atoms with Crippen LogP contribution in [0.2, 0.25) is 0 Å². The molecule has 32 heavy (non-hydrogen) atoms. The minimum absolute atomic E-state index is 0.161. The Labute approximate surface area is 188 Å². The van der Waals surface area contributed by atoms with Crippen molar-refractivity contribution in [1.29, 1.82) is 0 Å². The minimum atomic E-state index is -2.69. The van der Waals surface area contributed by atoms with Crippen molar-refractivity contribution in [3.05, 3.63) is 52.8 Å². The Morgan fingerprint density at radius 2 is 2.00 bits per heavy atom. The molecule has 0 spiro atoms. The maximum atomic E-state index is 13.0. The van der Waals surface area contributed by atoms with E-state index in [9.17, 15) is 13.9 Å². The number of hydrogen-bond donors (Lipinski definition) is 4. The van der Waals surface area contributed by atoms with Gasteiger partial charge in [-0.2, -0.15) is 0 Å². The number of aliphatic hydroxyl groups is 1. The number of aryl methyl sites for hydroxylation is 1. The van der Waals surface area contributed by atoms with Crippen LogP contribution in [0.3, 0.4) is 0 Å². The second-order valence-electron chi connectivity index (χ2n) is 8.09. The van der Waals surface area contributed by atoms with Gasteiger partial charge in [0.05, 0.1) is 17.9 Å². The van der Waals surface area contributed by atoms with Crippen molar-refractivity contribution in [3.8, 4) is 0 Å². The number of halogens is 2. The van der Waals surface area contributed by atoms with Crippen molar-refractivity contribution >= 4 is 23.3 Å². The van der Waals surface area contributed by atoms with E-state index in [1.165, 1.54) is 19.2 Å². The average molecular weight is 449 g/mol. The van der Waals surface area contributed by atoms with E-state index in [0.29, 0.717) is 17.1 Å². The van der Waals surface area contributed by atoms with E-state index < -0.39 is 12.0 Å². The molecule has 6 N–H and O–H groups in total. The van der Waals surface area contributed by atoms with Crippen molar-refractivity contribution < 1.29 is 13.9 Å². The Kier molecular flexibility index (Phi) is 10.2. The third-order valence-electron chi connectivity index (χ3n) is 4.49. The molecule has 0 saturated heterocycles. The van der Waals surface area contributed by atoms with Crippen LogP contribution in [0.4, 0.5) is 14.6 Å². The van der Waals surface area contributed by atoms with Crippen LogP contribution in [0.1, 0.15) is 52.2 Å². The highest BCUT2D eigenvalue weighted by molar-refractivity contribution is 6.10. The van der Waals surface area contributed by atoms with Gasteiger partial charge < -0.3 is 21.9 Å². The van der Waals surface area contributed by atoms with Crippen LogP contribution in [0.25, 0.3) is 5.57 Å². The molecule has 0 aliphatic carbocycles. The van der Waals surface area contributed by atoms with Gasteiger partial charge in [0, 0.05) is 41.5 Å². The summed E-state index contributed by atoms with van der Waals surface area (Å²) in [5, 5.41) is 12.8. The quantitative estimate of drug-likeness (QED) is 0.316. The summed E-state index contributed by atoms with van der Waals surface area (Å²) < 4.78 is 26.0. The molecule has 0 bridgehead atoms. The Morgan fingerprint density at radius 3 is 2.50 bits per heavy atom. The van der Waals surface area contributed by atoms with Gasteiger partial charge in [0.25, 0.3) is 6.43 Å². The van der Waals surface area contributed by atoms with Crippen LogP contribution >= 0.6 is 0 Å². The standard InChI is InChI=1S/C23H34F2N6O/c1-7-14(2)19(27)9-21(30-16(4)22(24)25)31-20-8-15(3)18(12-29-20)17(10-26)11-28-13-23(5,6)32/h8-12,22,32H,7,13,26-27H2,1-6H3,(H,29,31)/b17-10+,19-14-,21-9+,28-11?,30-16+. The summed E-state index contributed by atoms with van der Waals surface area (Å²) in [5.74, 6) is 0.573. The third-order valence-corrected chi connectivity index (χ3v) is 4.49. The summed E-state index contributed by atoms with van der Waals surface area (Å²) in [6.45, 7) is 10.5.